The number of ether oxygens (including phenoxy) is 6. The third kappa shape index (κ3) is 18.6. The SMILES string of the molecule is CC(=O)N[C@@H]1[C@@H](O)[C@H](O[C@@H]2O[C@H](COS(=O)(=O)O)[C@H](O)[C@H](O[C@@H]3O[C@H](COS(=O)(=O)O)[C@@H](O)[C@H](O)[C@H]3NC(C)=O)[C@H]2O)[C@@H](COS(=O)(=O)O)O[C@H]1NC(=S)NCCNC(=O)OC(C)(C)C. The Morgan fingerprint density at radius 1 is 0.585 bits per heavy atom. The third-order valence-corrected chi connectivity index (χ3v) is 10.4. The van der Waals surface area contributed by atoms with Crippen LogP contribution in [-0.2, 0) is 81.8 Å². The molecule has 65 heavy (non-hydrogen) atoms. The maximum Gasteiger partial charge on any atom is 0.407 e. The number of carbonyl (C=O) groups excluding carboxylic acids is 3. The molecule has 378 valence electrons. The average molecular weight is 1030 g/mol. The van der Waals surface area contributed by atoms with E-state index in [2.05, 4.69) is 39.1 Å². The molecule has 35 heteroatoms. The first-order chi connectivity index (χ1) is 29.7. The van der Waals surface area contributed by atoms with Crippen LogP contribution in [0.25, 0.3) is 0 Å². The van der Waals surface area contributed by atoms with Gasteiger partial charge in [0, 0.05) is 26.9 Å². The number of hydrogen-bond donors (Lipinski definition) is 13. The fourth-order valence-electron chi connectivity index (χ4n) is 6.27. The van der Waals surface area contributed by atoms with Crippen molar-refractivity contribution in [3.63, 3.8) is 0 Å². The lowest BCUT2D eigenvalue weighted by Crippen LogP contribution is -2.71. The fraction of sp³-hybridized carbons (Fsp3) is 0.867. The molecule has 3 saturated heterocycles. The summed E-state index contributed by atoms with van der Waals surface area (Å²) in [5.41, 5.74) is -0.795. The van der Waals surface area contributed by atoms with Crippen molar-refractivity contribution in [2.24, 2.45) is 0 Å². The first kappa shape index (κ1) is 56.4. The number of carbonyl (C=O) groups is 3. The van der Waals surface area contributed by atoms with Gasteiger partial charge < -0.3 is 80.5 Å². The molecule has 3 fully saturated rings. The highest BCUT2D eigenvalue weighted by Gasteiger charge is 2.55. The van der Waals surface area contributed by atoms with Gasteiger partial charge >= 0.3 is 37.3 Å². The van der Waals surface area contributed by atoms with E-state index in [1.807, 2.05) is 0 Å². The van der Waals surface area contributed by atoms with E-state index in [4.69, 9.17) is 45.2 Å². The smallest absolute Gasteiger partial charge is 0.407 e. The van der Waals surface area contributed by atoms with Gasteiger partial charge in [-0.05, 0) is 33.0 Å². The Balaban J connectivity index is 1.98. The zero-order valence-electron chi connectivity index (χ0n) is 34.8. The summed E-state index contributed by atoms with van der Waals surface area (Å²) >= 11 is 5.27. The van der Waals surface area contributed by atoms with Gasteiger partial charge in [0.2, 0.25) is 11.8 Å². The summed E-state index contributed by atoms with van der Waals surface area (Å²) in [6.07, 6.45) is -27.8. The number of amides is 3. The van der Waals surface area contributed by atoms with E-state index in [1.165, 1.54) is 0 Å². The number of thiocarbonyl (C=S) groups is 1. The summed E-state index contributed by atoms with van der Waals surface area (Å²) in [6, 6.07) is -3.45. The molecular weight excluding hydrogens is 975 g/mol. The zero-order valence-corrected chi connectivity index (χ0v) is 38.0. The van der Waals surface area contributed by atoms with Gasteiger partial charge in [-0.1, -0.05) is 0 Å². The van der Waals surface area contributed by atoms with Crippen LogP contribution in [0.4, 0.5) is 4.79 Å². The summed E-state index contributed by atoms with van der Waals surface area (Å²) in [5, 5.41) is 68.2. The van der Waals surface area contributed by atoms with Gasteiger partial charge in [0.05, 0.1) is 19.8 Å². The summed E-state index contributed by atoms with van der Waals surface area (Å²) in [4.78, 5) is 36.4. The molecule has 3 aliphatic rings. The number of nitrogens with one attached hydrogen (secondary N) is 5. The van der Waals surface area contributed by atoms with Crippen LogP contribution in [0.1, 0.15) is 34.6 Å². The summed E-state index contributed by atoms with van der Waals surface area (Å²) in [6.45, 7) is 3.13. The summed E-state index contributed by atoms with van der Waals surface area (Å²) in [5.74, 6) is -1.70. The minimum Gasteiger partial charge on any atom is -0.444 e. The van der Waals surface area contributed by atoms with Crippen molar-refractivity contribution >= 4 is 66.4 Å². The molecule has 15 atom stereocenters. The van der Waals surface area contributed by atoms with Gasteiger partial charge in [-0.3, -0.25) is 23.2 Å². The second kappa shape index (κ2) is 23.4. The second-order valence-corrected chi connectivity index (χ2v) is 18.9. The summed E-state index contributed by atoms with van der Waals surface area (Å²) < 4.78 is 143. The first-order valence-electron chi connectivity index (χ1n) is 18.8. The number of rotatable bonds is 19. The van der Waals surface area contributed by atoms with E-state index in [0.29, 0.717) is 0 Å². The number of alkyl carbamates (subject to hydrolysis) is 1. The Morgan fingerprint density at radius 2 is 1.05 bits per heavy atom. The van der Waals surface area contributed by atoms with E-state index >= 15 is 0 Å². The minimum absolute atomic E-state index is 0.0311. The van der Waals surface area contributed by atoms with Crippen molar-refractivity contribution in [2.45, 2.75) is 132 Å². The highest BCUT2D eigenvalue weighted by atomic mass is 32.3. The van der Waals surface area contributed by atoms with Crippen LogP contribution in [0.3, 0.4) is 0 Å². The molecule has 0 unspecified atom stereocenters. The topological polar surface area (TPSA) is 459 Å². The van der Waals surface area contributed by atoms with Crippen LogP contribution >= 0.6 is 12.2 Å². The molecule has 0 aromatic heterocycles. The predicted octanol–water partition coefficient (Wildman–Crippen LogP) is -6.81. The molecule has 0 aromatic carbocycles. The van der Waals surface area contributed by atoms with Crippen molar-refractivity contribution in [2.75, 3.05) is 32.9 Å². The molecule has 3 heterocycles. The van der Waals surface area contributed by atoms with Crippen molar-refractivity contribution in [1.29, 1.82) is 0 Å². The van der Waals surface area contributed by atoms with E-state index in [1.54, 1.807) is 20.8 Å². The highest BCUT2D eigenvalue weighted by Crippen LogP contribution is 2.33. The molecule has 3 aliphatic heterocycles. The maximum atomic E-state index is 12.4. The van der Waals surface area contributed by atoms with Crippen LogP contribution in [-0.4, -0.2) is 218 Å². The third-order valence-electron chi connectivity index (χ3n) is 8.88. The summed E-state index contributed by atoms with van der Waals surface area (Å²) in [7, 11) is -15.8. The number of aliphatic hydroxyl groups excluding tert-OH is 5. The maximum absolute atomic E-state index is 12.4. The predicted molar refractivity (Wildman–Crippen MR) is 211 cm³/mol. The molecule has 3 amide bonds. The molecule has 0 saturated carbocycles. The van der Waals surface area contributed by atoms with Crippen molar-refractivity contribution in [3.05, 3.63) is 0 Å². The van der Waals surface area contributed by atoms with Crippen LogP contribution in [0.5, 0.6) is 0 Å². The fourth-order valence-corrected chi connectivity index (χ4v) is 7.40. The van der Waals surface area contributed by atoms with Gasteiger partial charge in [0.1, 0.15) is 78.7 Å². The van der Waals surface area contributed by atoms with Gasteiger partial charge in [0.15, 0.2) is 23.9 Å². The minimum atomic E-state index is -5.30. The standard InChI is InChI=1S/C30H53N5O26S4/c1-11(36)33-16-21(41)23(15(10-55-65(50,51)52)56-25(16)35-28(62)31-6-7-32-29(43)61-30(3,4)5)59-27-22(42)24(19(39)14(58-27)9-54-64(47,48)49)60-26-17(34-12(2)37)20(40)18(38)13(57-26)8-53-63(44,45)46/h13-27,38-42H,6-10H2,1-5H3,(H,32,43)(H,33,36)(H,34,37)(H2,31,35,62)(H,44,45,46)(H,47,48,49)(H,50,51,52)/t13-,14-,15-,16-,17-,18-,19+,20-,21-,22-,23-,24+,25-,26+,27+/m1/s1. The highest BCUT2D eigenvalue weighted by molar-refractivity contribution is 7.81. The monoisotopic (exact) mass is 1030 g/mol. The molecular formula is C30H53N5O26S4. The van der Waals surface area contributed by atoms with Crippen molar-refractivity contribution in [1.82, 2.24) is 26.6 Å². The van der Waals surface area contributed by atoms with Crippen LogP contribution < -0.4 is 26.6 Å². The molecule has 0 bridgehead atoms. The number of aliphatic hydroxyl groups is 5. The molecule has 0 spiro atoms. The second-order valence-electron chi connectivity index (χ2n) is 15.3. The Hall–Kier alpha value is -2.89. The van der Waals surface area contributed by atoms with E-state index in [9.17, 15) is 74.3 Å². The van der Waals surface area contributed by atoms with Gasteiger partial charge in [-0.2, -0.15) is 25.3 Å². The molecule has 31 nitrogen and oxygen atoms in total. The Labute approximate surface area is 376 Å². The van der Waals surface area contributed by atoms with Crippen LogP contribution in [0.15, 0.2) is 0 Å². The normalized spacial score (nSPS) is 33.6. The van der Waals surface area contributed by atoms with Gasteiger partial charge in [-0.15, -0.1) is 0 Å². The van der Waals surface area contributed by atoms with Gasteiger partial charge in [0.25, 0.3) is 0 Å². The lowest BCUT2D eigenvalue weighted by molar-refractivity contribution is -0.363. The zero-order chi connectivity index (χ0) is 49.4. The van der Waals surface area contributed by atoms with E-state index in [-0.39, 0.29) is 18.2 Å². The Bertz CT molecular complexity index is 1980. The molecule has 0 radical (unpaired) electrons. The quantitative estimate of drug-likeness (QED) is 0.0325. The largest absolute Gasteiger partial charge is 0.444 e. The lowest BCUT2D eigenvalue weighted by atomic mass is 9.94. The Morgan fingerprint density at radius 3 is 1.55 bits per heavy atom. The molecule has 0 aromatic rings. The van der Waals surface area contributed by atoms with Crippen LogP contribution in [0, 0.1) is 0 Å². The Kier molecular flexibility index (Phi) is 20.3. The van der Waals surface area contributed by atoms with Crippen molar-refractivity contribution in [3.8, 4) is 0 Å². The van der Waals surface area contributed by atoms with E-state index in [0.717, 1.165) is 13.8 Å². The van der Waals surface area contributed by atoms with Crippen molar-refractivity contribution < 1.29 is 120 Å². The molecule has 0 aliphatic carbocycles. The number of hydrogen-bond acceptors (Lipinski definition) is 24. The molecule has 13 N–H and O–H groups in total. The van der Waals surface area contributed by atoms with Crippen LogP contribution in [0.2, 0.25) is 0 Å². The lowest BCUT2D eigenvalue weighted by Gasteiger charge is -2.49. The molecule has 3 rings (SSSR count). The van der Waals surface area contributed by atoms with Gasteiger partial charge in [-0.25, -0.2) is 17.3 Å². The van der Waals surface area contributed by atoms with E-state index < -0.39 is 166 Å². The average Bonchev–Trinajstić information content (AvgIpc) is 3.14. The first-order valence-corrected chi connectivity index (χ1v) is 23.3.